The first kappa shape index (κ1) is 17.1. The third kappa shape index (κ3) is 4.02. The van der Waals surface area contributed by atoms with E-state index >= 15 is 0 Å². The lowest BCUT2D eigenvalue weighted by Gasteiger charge is -2.34. The number of pyridine rings is 1. The monoisotopic (exact) mass is 391 g/mol. The van der Waals surface area contributed by atoms with Crippen LogP contribution < -0.4 is 0 Å². The summed E-state index contributed by atoms with van der Waals surface area (Å²) in [6.45, 7) is 7.40. The van der Waals surface area contributed by atoms with Crippen molar-refractivity contribution >= 4 is 21.8 Å². The SMILES string of the molecule is CCc1nccn1CCN1CCN(C(=O)c2cncc(Br)c2)CC1. The molecular formula is C17H22BrN5O. The summed E-state index contributed by atoms with van der Waals surface area (Å²) in [5, 5.41) is 0. The second-order valence-corrected chi connectivity index (χ2v) is 6.83. The van der Waals surface area contributed by atoms with Gasteiger partial charge in [0.15, 0.2) is 0 Å². The molecule has 1 aliphatic rings. The lowest BCUT2D eigenvalue weighted by molar-refractivity contribution is 0.0632. The van der Waals surface area contributed by atoms with Crippen molar-refractivity contribution < 1.29 is 4.79 Å². The summed E-state index contributed by atoms with van der Waals surface area (Å²) in [6.07, 6.45) is 8.18. The number of halogens is 1. The highest BCUT2D eigenvalue weighted by atomic mass is 79.9. The van der Waals surface area contributed by atoms with Crippen LogP contribution in [0.25, 0.3) is 0 Å². The van der Waals surface area contributed by atoms with E-state index in [9.17, 15) is 4.79 Å². The van der Waals surface area contributed by atoms with Crippen LogP contribution in [0.2, 0.25) is 0 Å². The Labute approximate surface area is 150 Å². The van der Waals surface area contributed by atoms with Gasteiger partial charge in [0.1, 0.15) is 5.82 Å². The molecule has 0 spiro atoms. The van der Waals surface area contributed by atoms with E-state index < -0.39 is 0 Å². The molecule has 6 nitrogen and oxygen atoms in total. The zero-order valence-electron chi connectivity index (χ0n) is 13.9. The van der Waals surface area contributed by atoms with Gasteiger partial charge in [0.2, 0.25) is 0 Å². The predicted molar refractivity (Wildman–Crippen MR) is 95.9 cm³/mol. The van der Waals surface area contributed by atoms with E-state index in [0.717, 1.165) is 56.0 Å². The van der Waals surface area contributed by atoms with Gasteiger partial charge < -0.3 is 9.47 Å². The second kappa shape index (κ2) is 7.90. The Balaban J connectivity index is 1.50. The Morgan fingerprint density at radius 1 is 1.21 bits per heavy atom. The van der Waals surface area contributed by atoms with Gasteiger partial charge in [-0.15, -0.1) is 0 Å². The number of piperazine rings is 1. The number of imidazole rings is 1. The van der Waals surface area contributed by atoms with Crippen LogP contribution in [-0.2, 0) is 13.0 Å². The fraction of sp³-hybridized carbons (Fsp3) is 0.471. The number of nitrogens with zero attached hydrogens (tertiary/aromatic N) is 5. The molecule has 3 heterocycles. The van der Waals surface area contributed by atoms with Crippen molar-refractivity contribution in [2.75, 3.05) is 32.7 Å². The molecule has 0 aliphatic carbocycles. The summed E-state index contributed by atoms with van der Waals surface area (Å²) in [7, 11) is 0. The van der Waals surface area contributed by atoms with E-state index in [1.807, 2.05) is 23.4 Å². The van der Waals surface area contributed by atoms with E-state index in [4.69, 9.17) is 0 Å². The topological polar surface area (TPSA) is 54.3 Å². The summed E-state index contributed by atoms with van der Waals surface area (Å²) in [6, 6.07) is 1.83. The Morgan fingerprint density at radius 3 is 2.71 bits per heavy atom. The molecule has 0 radical (unpaired) electrons. The lowest BCUT2D eigenvalue weighted by Crippen LogP contribution is -2.49. The molecule has 1 saturated heterocycles. The molecule has 2 aromatic rings. The maximum Gasteiger partial charge on any atom is 0.255 e. The minimum absolute atomic E-state index is 0.0614. The molecule has 0 bridgehead atoms. The van der Waals surface area contributed by atoms with Gasteiger partial charge in [-0.1, -0.05) is 6.92 Å². The van der Waals surface area contributed by atoms with Crippen molar-refractivity contribution in [3.05, 3.63) is 46.7 Å². The molecule has 1 amide bonds. The summed E-state index contributed by atoms with van der Waals surface area (Å²) < 4.78 is 3.05. The van der Waals surface area contributed by atoms with Gasteiger partial charge in [0, 0.05) is 74.9 Å². The van der Waals surface area contributed by atoms with Crippen molar-refractivity contribution in [1.82, 2.24) is 24.3 Å². The number of amides is 1. The Bertz CT molecular complexity index is 694. The number of rotatable bonds is 5. The van der Waals surface area contributed by atoms with E-state index in [0.29, 0.717) is 5.56 Å². The van der Waals surface area contributed by atoms with Gasteiger partial charge in [0.05, 0.1) is 5.56 Å². The van der Waals surface area contributed by atoms with Crippen LogP contribution in [0.1, 0.15) is 23.1 Å². The number of hydrogen-bond donors (Lipinski definition) is 0. The smallest absolute Gasteiger partial charge is 0.255 e. The van der Waals surface area contributed by atoms with Crippen molar-refractivity contribution in [3.63, 3.8) is 0 Å². The van der Waals surface area contributed by atoms with Gasteiger partial charge in [-0.3, -0.25) is 14.7 Å². The molecule has 128 valence electrons. The number of aromatic nitrogens is 3. The first-order chi connectivity index (χ1) is 11.7. The van der Waals surface area contributed by atoms with E-state index in [2.05, 4.69) is 42.3 Å². The van der Waals surface area contributed by atoms with Crippen LogP contribution in [-0.4, -0.2) is 63.0 Å². The maximum atomic E-state index is 12.5. The number of aryl methyl sites for hydroxylation is 1. The zero-order valence-corrected chi connectivity index (χ0v) is 15.4. The van der Waals surface area contributed by atoms with E-state index in [1.54, 1.807) is 12.4 Å². The fourth-order valence-electron chi connectivity index (χ4n) is 2.99. The molecule has 0 aromatic carbocycles. The quantitative estimate of drug-likeness (QED) is 0.782. The van der Waals surface area contributed by atoms with Crippen molar-refractivity contribution in [2.24, 2.45) is 0 Å². The summed E-state index contributed by atoms with van der Waals surface area (Å²) in [4.78, 5) is 25.3. The van der Waals surface area contributed by atoms with Gasteiger partial charge in [-0.05, 0) is 22.0 Å². The van der Waals surface area contributed by atoms with Crippen LogP contribution in [0.3, 0.4) is 0 Å². The average Bonchev–Trinajstić information content (AvgIpc) is 3.07. The van der Waals surface area contributed by atoms with Crippen molar-refractivity contribution in [3.8, 4) is 0 Å². The predicted octanol–water partition coefficient (Wildman–Crippen LogP) is 2.06. The van der Waals surface area contributed by atoms with Crippen LogP contribution in [0.15, 0.2) is 35.3 Å². The molecule has 1 aliphatic heterocycles. The standard InChI is InChI=1S/C17H22BrN5O/c1-2-16-20-3-4-22(16)8-5-21-6-9-23(10-7-21)17(24)14-11-15(18)13-19-12-14/h3-4,11-13H,2,5-10H2,1H3. The molecule has 3 rings (SSSR count). The molecule has 2 aromatic heterocycles. The summed E-state index contributed by atoms with van der Waals surface area (Å²) in [5.74, 6) is 1.19. The number of carbonyl (C=O) groups is 1. The number of carbonyl (C=O) groups excluding carboxylic acids is 1. The molecule has 0 saturated carbocycles. The largest absolute Gasteiger partial charge is 0.336 e. The average molecular weight is 392 g/mol. The fourth-order valence-corrected chi connectivity index (χ4v) is 3.36. The lowest BCUT2D eigenvalue weighted by atomic mass is 10.2. The number of hydrogen-bond acceptors (Lipinski definition) is 4. The minimum Gasteiger partial charge on any atom is -0.336 e. The molecule has 0 atom stereocenters. The Hall–Kier alpha value is -1.73. The molecular weight excluding hydrogens is 370 g/mol. The first-order valence-corrected chi connectivity index (χ1v) is 9.09. The van der Waals surface area contributed by atoms with Crippen molar-refractivity contribution in [1.29, 1.82) is 0 Å². The molecule has 0 unspecified atom stereocenters. The van der Waals surface area contributed by atoms with E-state index in [1.165, 1.54) is 0 Å². The van der Waals surface area contributed by atoms with Crippen molar-refractivity contribution in [2.45, 2.75) is 19.9 Å². The Kier molecular flexibility index (Phi) is 5.63. The van der Waals surface area contributed by atoms with Crippen LogP contribution in [0, 0.1) is 0 Å². The van der Waals surface area contributed by atoms with Gasteiger partial charge in [0.25, 0.3) is 5.91 Å². The summed E-state index contributed by atoms with van der Waals surface area (Å²) >= 11 is 3.37. The molecule has 1 fully saturated rings. The highest BCUT2D eigenvalue weighted by Gasteiger charge is 2.22. The first-order valence-electron chi connectivity index (χ1n) is 8.29. The Morgan fingerprint density at radius 2 is 2.00 bits per heavy atom. The normalized spacial score (nSPS) is 15.7. The van der Waals surface area contributed by atoms with Crippen LogP contribution in [0.4, 0.5) is 0 Å². The van der Waals surface area contributed by atoms with Gasteiger partial charge in [-0.25, -0.2) is 4.98 Å². The summed E-state index contributed by atoms with van der Waals surface area (Å²) in [5.41, 5.74) is 0.642. The molecule has 0 N–H and O–H groups in total. The molecule has 7 heteroatoms. The second-order valence-electron chi connectivity index (χ2n) is 5.92. The third-order valence-corrected chi connectivity index (χ3v) is 4.82. The van der Waals surface area contributed by atoms with E-state index in [-0.39, 0.29) is 5.91 Å². The van der Waals surface area contributed by atoms with Gasteiger partial charge in [-0.2, -0.15) is 0 Å². The molecule has 24 heavy (non-hydrogen) atoms. The van der Waals surface area contributed by atoms with Gasteiger partial charge >= 0.3 is 0 Å². The zero-order chi connectivity index (χ0) is 16.9. The van der Waals surface area contributed by atoms with Crippen LogP contribution in [0.5, 0.6) is 0 Å². The highest BCUT2D eigenvalue weighted by molar-refractivity contribution is 9.10. The van der Waals surface area contributed by atoms with Crippen LogP contribution >= 0.6 is 15.9 Å². The minimum atomic E-state index is 0.0614. The third-order valence-electron chi connectivity index (χ3n) is 4.39. The highest BCUT2D eigenvalue weighted by Crippen LogP contribution is 2.13. The maximum absolute atomic E-state index is 12.5.